The third-order valence-electron chi connectivity index (χ3n) is 4.61. The molecule has 1 fully saturated rings. The summed E-state index contributed by atoms with van der Waals surface area (Å²) in [5.41, 5.74) is 4.68. The van der Waals surface area contributed by atoms with E-state index in [1.807, 2.05) is 31.2 Å². The summed E-state index contributed by atoms with van der Waals surface area (Å²) >= 11 is 0. The molecule has 126 valence electrons. The third-order valence-corrected chi connectivity index (χ3v) is 4.61. The number of nitrogens with one attached hydrogen (secondary N) is 1. The van der Waals surface area contributed by atoms with Crippen molar-refractivity contribution in [1.82, 2.24) is 9.88 Å². The predicted molar refractivity (Wildman–Crippen MR) is 97.8 cm³/mol. The van der Waals surface area contributed by atoms with E-state index in [2.05, 4.69) is 34.1 Å². The molecule has 1 aromatic carbocycles. The Morgan fingerprint density at radius 2 is 1.79 bits per heavy atom. The zero-order valence-electron chi connectivity index (χ0n) is 14.5. The van der Waals surface area contributed by atoms with E-state index >= 15 is 0 Å². The van der Waals surface area contributed by atoms with E-state index in [4.69, 9.17) is 0 Å². The smallest absolute Gasteiger partial charge is 0.274 e. The summed E-state index contributed by atoms with van der Waals surface area (Å²) in [5.74, 6) is -0.178. The first-order chi connectivity index (χ1) is 11.5. The fourth-order valence-corrected chi connectivity index (χ4v) is 2.79. The largest absolute Gasteiger partial charge is 0.368 e. The highest BCUT2D eigenvalue weighted by molar-refractivity contribution is 6.03. The van der Waals surface area contributed by atoms with Crippen molar-refractivity contribution in [3.8, 4) is 0 Å². The fraction of sp³-hybridized carbons (Fsp3) is 0.368. The molecule has 1 aromatic heterocycles. The van der Waals surface area contributed by atoms with Crippen LogP contribution in [-0.2, 0) is 0 Å². The van der Waals surface area contributed by atoms with Gasteiger partial charge in [-0.2, -0.15) is 0 Å². The van der Waals surface area contributed by atoms with Crippen molar-refractivity contribution in [1.29, 1.82) is 0 Å². The number of anilines is 2. The quantitative estimate of drug-likeness (QED) is 0.943. The molecular formula is C19H24N4O. The number of amides is 1. The van der Waals surface area contributed by atoms with Crippen LogP contribution in [0.2, 0.25) is 0 Å². The van der Waals surface area contributed by atoms with E-state index in [9.17, 15) is 4.79 Å². The van der Waals surface area contributed by atoms with Crippen LogP contribution in [0.4, 0.5) is 11.4 Å². The van der Waals surface area contributed by atoms with Crippen molar-refractivity contribution < 1.29 is 4.79 Å². The van der Waals surface area contributed by atoms with Gasteiger partial charge in [0.15, 0.2) is 0 Å². The van der Waals surface area contributed by atoms with Crippen molar-refractivity contribution >= 4 is 17.3 Å². The van der Waals surface area contributed by atoms with Crippen molar-refractivity contribution in [2.75, 3.05) is 43.4 Å². The number of carbonyl (C=O) groups is 1. The van der Waals surface area contributed by atoms with E-state index in [1.54, 1.807) is 12.3 Å². The molecule has 0 spiro atoms. The molecule has 1 amide bonds. The topological polar surface area (TPSA) is 48.5 Å². The Morgan fingerprint density at radius 3 is 2.42 bits per heavy atom. The van der Waals surface area contributed by atoms with Gasteiger partial charge in [0.2, 0.25) is 0 Å². The number of aromatic nitrogens is 1. The Kier molecular flexibility index (Phi) is 4.81. The lowest BCUT2D eigenvalue weighted by Gasteiger charge is -2.33. The first-order valence-corrected chi connectivity index (χ1v) is 8.31. The van der Waals surface area contributed by atoms with Gasteiger partial charge < -0.3 is 15.1 Å². The summed E-state index contributed by atoms with van der Waals surface area (Å²) < 4.78 is 0. The van der Waals surface area contributed by atoms with Gasteiger partial charge in [0, 0.05) is 31.9 Å². The van der Waals surface area contributed by atoms with E-state index in [0.717, 1.165) is 43.1 Å². The van der Waals surface area contributed by atoms with Gasteiger partial charge in [-0.1, -0.05) is 6.07 Å². The summed E-state index contributed by atoms with van der Waals surface area (Å²) in [7, 11) is 2.13. The molecule has 1 aliphatic heterocycles. The number of hydrogen-bond acceptors (Lipinski definition) is 4. The van der Waals surface area contributed by atoms with E-state index in [0.29, 0.717) is 5.69 Å². The van der Waals surface area contributed by atoms with Crippen LogP contribution >= 0.6 is 0 Å². The van der Waals surface area contributed by atoms with Gasteiger partial charge in [0.1, 0.15) is 5.69 Å². The lowest BCUT2D eigenvalue weighted by atomic mass is 10.1. The first-order valence-electron chi connectivity index (χ1n) is 8.31. The number of pyridine rings is 1. The maximum absolute atomic E-state index is 12.3. The molecule has 0 atom stereocenters. The molecule has 5 heteroatoms. The van der Waals surface area contributed by atoms with Crippen LogP contribution in [0, 0.1) is 13.8 Å². The van der Waals surface area contributed by atoms with Crippen LogP contribution in [0.5, 0.6) is 0 Å². The van der Waals surface area contributed by atoms with Gasteiger partial charge in [-0.25, -0.2) is 4.98 Å². The minimum absolute atomic E-state index is 0.178. The molecule has 1 saturated heterocycles. The fourth-order valence-electron chi connectivity index (χ4n) is 2.79. The number of nitrogens with zero attached hydrogens (tertiary/aromatic N) is 3. The summed E-state index contributed by atoms with van der Waals surface area (Å²) in [6, 6.07) is 9.68. The number of aryl methyl sites for hydroxylation is 2. The molecular weight excluding hydrogens is 300 g/mol. The number of benzene rings is 1. The van der Waals surface area contributed by atoms with Gasteiger partial charge >= 0.3 is 0 Å². The third kappa shape index (κ3) is 3.74. The minimum atomic E-state index is -0.178. The monoisotopic (exact) mass is 324 g/mol. The summed E-state index contributed by atoms with van der Waals surface area (Å²) in [5, 5.41) is 2.91. The molecule has 0 bridgehead atoms. The standard InChI is InChI=1S/C19H24N4O/c1-14-4-5-16(12-15(14)2)21-19(24)18-7-6-17(13-20-18)23-10-8-22(3)9-11-23/h4-7,12-13H,8-11H2,1-3H3,(H,21,24). The summed E-state index contributed by atoms with van der Waals surface area (Å²) in [6.45, 7) is 8.18. The zero-order chi connectivity index (χ0) is 17.1. The lowest BCUT2D eigenvalue weighted by molar-refractivity contribution is 0.102. The van der Waals surface area contributed by atoms with E-state index < -0.39 is 0 Å². The van der Waals surface area contributed by atoms with Crippen molar-refractivity contribution in [2.24, 2.45) is 0 Å². The molecule has 1 aliphatic rings. The van der Waals surface area contributed by atoms with Gasteiger partial charge in [0.05, 0.1) is 11.9 Å². The molecule has 0 radical (unpaired) electrons. The first kappa shape index (κ1) is 16.5. The lowest BCUT2D eigenvalue weighted by Crippen LogP contribution is -2.44. The summed E-state index contributed by atoms with van der Waals surface area (Å²) in [6.07, 6.45) is 1.79. The molecule has 0 saturated carbocycles. The van der Waals surface area contributed by atoms with Crippen LogP contribution in [0.3, 0.4) is 0 Å². The Labute approximate surface area is 143 Å². The van der Waals surface area contributed by atoms with Gasteiger partial charge in [-0.05, 0) is 56.3 Å². The van der Waals surface area contributed by atoms with E-state index in [-0.39, 0.29) is 5.91 Å². The maximum Gasteiger partial charge on any atom is 0.274 e. The van der Waals surface area contributed by atoms with Crippen LogP contribution < -0.4 is 10.2 Å². The molecule has 24 heavy (non-hydrogen) atoms. The molecule has 2 heterocycles. The van der Waals surface area contributed by atoms with Crippen molar-refractivity contribution in [3.05, 3.63) is 53.3 Å². The highest BCUT2D eigenvalue weighted by Gasteiger charge is 2.15. The Balaban J connectivity index is 1.66. The average molecular weight is 324 g/mol. The number of likely N-dealkylation sites (N-methyl/N-ethyl adjacent to an activating group) is 1. The second-order valence-corrected chi connectivity index (χ2v) is 6.45. The number of hydrogen-bond donors (Lipinski definition) is 1. The average Bonchev–Trinajstić information content (AvgIpc) is 2.59. The second kappa shape index (κ2) is 7.01. The summed E-state index contributed by atoms with van der Waals surface area (Å²) in [4.78, 5) is 21.3. The predicted octanol–water partition coefficient (Wildman–Crippen LogP) is 2.70. The Bertz CT molecular complexity index is 719. The molecule has 5 nitrogen and oxygen atoms in total. The maximum atomic E-state index is 12.3. The van der Waals surface area contributed by atoms with Crippen LogP contribution in [-0.4, -0.2) is 49.0 Å². The van der Waals surface area contributed by atoms with Gasteiger partial charge in [0.25, 0.3) is 5.91 Å². The Hall–Kier alpha value is -2.40. The van der Waals surface area contributed by atoms with E-state index in [1.165, 1.54) is 5.56 Å². The molecule has 0 aliphatic carbocycles. The molecule has 0 unspecified atom stereocenters. The zero-order valence-corrected chi connectivity index (χ0v) is 14.5. The number of piperazine rings is 1. The van der Waals surface area contributed by atoms with Crippen LogP contribution in [0.15, 0.2) is 36.5 Å². The number of rotatable bonds is 3. The van der Waals surface area contributed by atoms with Crippen molar-refractivity contribution in [2.45, 2.75) is 13.8 Å². The highest BCUT2D eigenvalue weighted by Crippen LogP contribution is 2.17. The normalized spacial score (nSPS) is 15.4. The van der Waals surface area contributed by atoms with Crippen LogP contribution in [0.25, 0.3) is 0 Å². The highest BCUT2D eigenvalue weighted by atomic mass is 16.1. The number of carbonyl (C=O) groups excluding carboxylic acids is 1. The molecule has 2 aromatic rings. The van der Waals surface area contributed by atoms with Crippen LogP contribution in [0.1, 0.15) is 21.6 Å². The Morgan fingerprint density at radius 1 is 1.04 bits per heavy atom. The van der Waals surface area contributed by atoms with Gasteiger partial charge in [-0.3, -0.25) is 4.79 Å². The second-order valence-electron chi connectivity index (χ2n) is 6.45. The molecule has 1 N–H and O–H groups in total. The minimum Gasteiger partial charge on any atom is -0.368 e. The molecule has 3 rings (SSSR count). The SMILES string of the molecule is Cc1ccc(NC(=O)c2ccc(N3CCN(C)CC3)cn2)cc1C. The van der Waals surface area contributed by atoms with Crippen molar-refractivity contribution in [3.63, 3.8) is 0 Å². The van der Waals surface area contributed by atoms with Gasteiger partial charge in [-0.15, -0.1) is 0 Å².